The van der Waals surface area contributed by atoms with Crippen LogP contribution in [0.3, 0.4) is 0 Å². The van der Waals surface area contributed by atoms with Crippen molar-refractivity contribution >= 4 is 22.9 Å². The number of piperazine rings is 1. The van der Waals surface area contributed by atoms with E-state index in [1.807, 2.05) is 6.07 Å². The van der Waals surface area contributed by atoms with Crippen molar-refractivity contribution < 1.29 is 0 Å². The fourth-order valence-corrected chi connectivity index (χ4v) is 3.69. The average molecular weight is 273 g/mol. The molecule has 2 rings (SSSR count). The lowest BCUT2D eigenvalue weighted by atomic mass is 9.98. The lowest BCUT2D eigenvalue weighted by Gasteiger charge is -2.42. The Kier molecular flexibility index (Phi) is 4.47. The first-order valence-corrected chi connectivity index (χ1v) is 7.50. The van der Waals surface area contributed by atoms with E-state index in [1.165, 1.54) is 4.88 Å². The van der Waals surface area contributed by atoms with Crippen molar-refractivity contribution in [2.75, 3.05) is 19.6 Å². The van der Waals surface area contributed by atoms with Crippen molar-refractivity contribution in [1.82, 2.24) is 10.2 Å². The van der Waals surface area contributed by atoms with Crippen molar-refractivity contribution in [3.8, 4) is 0 Å². The maximum Gasteiger partial charge on any atom is 0.0931 e. The Balaban J connectivity index is 2.13. The lowest BCUT2D eigenvalue weighted by Crippen LogP contribution is -2.54. The molecule has 1 fully saturated rings. The van der Waals surface area contributed by atoms with Crippen LogP contribution in [-0.4, -0.2) is 30.6 Å². The largest absolute Gasteiger partial charge is 0.314 e. The molecule has 1 aromatic rings. The predicted molar refractivity (Wildman–Crippen MR) is 75.9 cm³/mol. The smallest absolute Gasteiger partial charge is 0.0931 e. The van der Waals surface area contributed by atoms with Crippen molar-refractivity contribution in [2.24, 2.45) is 5.92 Å². The highest BCUT2D eigenvalue weighted by molar-refractivity contribution is 7.16. The monoisotopic (exact) mass is 272 g/mol. The lowest BCUT2D eigenvalue weighted by molar-refractivity contribution is 0.0859. The number of hydrogen-bond donors (Lipinski definition) is 1. The van der Waals surface area contributed by atoms with Crippen LogP contribution in [0.25, 0.3) is 0 Å². The van der Waals surface area contributed by atoms with Gasteiger partial charge in [-0.2, -0.15) is 0 Å². The molecule has 0 saturated carbocycles. The zero-order valence-electron chi connectivity index (χ0n) is 10.7. The van der Waals surface area contributed by atoms with Crippen LogP contribution >= 0.6 is 22.9 Å². The molecule has 0 aromatic carbocycles. The number of nitrogens with one attached hydrogen (secondary N) is 1. The normalized spacial score (nSPS) is 24.2. The van der Waals surface area contributed by atoms with Gasteiger partial charge in [-0.3, -0.25) is 4.90 Å². The third kappa shape index (κ3) is 3.02. The highest BCUT2D eigenvalue weighted by atomic mass is 35.5. The summed E-state index contributed by atoms with van der Waals surface area (Å²) >= 11 is 7.74. The number of thiophene rings is 1. The van der Waals surface area contributed by atoms with E-state index in [-0.39, 0.29) is 0 Å². The summed E-state index contributed by atoms with van der Waals surface area (Å²) in [5.41, 5.74) is 0. The fraction of sp³-hybridized carbons (Fsp3) is 0.692. The maximum absolute atomic E-state index is 6.03. The zero-order chi connectivity index (χ0) is 12.4. The van der Waals surface area contributed by atoms with Crippen molar-refractivity contribution in [1.29, 1.82) is 0 Å². The molecule has 0 bridgehead atoms. The van der Waals surface area contributed by atoms with E-state index in [4.69, 9.17) is 11.6 Å². The molecule has 0 amide bonds. The summed E-state index contributed by atoms with van der Waals surface area (Å²) in [5, 5.41) is 3.49. The standard InChI is InChI=1S/C13H21ClN2S/c1-9(2)11-8-15-6-7-16(11)10(3)12-4-5-13(14)17-12/h4-5,9-11,15H,6-8H2,1-3H3. The highest BCUT2D eigenvalue weighted by Gasteiger charge is 2.29. The molecular formula is C13H21ClN2S. The quantitative estimate of drug-likeness (QED) is 0.907. The Hall–Kier alpha value is -0.0900. The third-order valence-electron chi connectivity index (χ3n) is 3.60. The van der Waals surface area contributed by atoms with E-state index in [0.29, 0.717) is 18.0 Å². The van der Waals surface area contributed by atoms with Gasteiger partial charge in [0.1, 0.15) is 0 Å². The molecule has 2 nitrogen and oxygen atoms in total. The van der Waals surface area contributed by atoms with E-state index in [1.54, 1.807) is 11.3 Å². The van der Waals surface area contributed by atoms with Crippen LogP contribution in [0.15, 0.2) is 12.1 Å². The van der Waals surface area contributed by atoms with Gasteiger partial charge in [0.25, 0.3) is 0 Å². The minimum atomic E-state index is 0.474. The second-order valence-electron chi connectivity index (χ2n) is 5.07. The molecule has 1 aromatic heterocycles. The molecule has 2 atom stereocenters. The van der Waals surface area contributed by atoms with Crippen LogP contribution in [0.5, 0.6) is 0 Å². The Labute approximate surface area is 113 Å². The van der Waals surface area contributed by atoms with Crippen molar-refractivity contribution in [3.63, 3.8) is 0 Å². The van der Waals surface area contributed by atoms with Crippen molar-refractivity contribution in [2.45, 2.75) is 32.9 Å². The first-order valence-electron chi connectivity index (χ1n) is 6.31. The van der Waals surface area contributed by atoms with E-state index in [9.17, 15) is 0 Å². The average Bonchev–Trinajstić information content (AvgIpc) is 2.75. The number of rotatable bonds is 3. The van der Waals surface area contributed by atoms with E-state index in [0.717, 1.165) is 24.0 Å². The van der Waals surface area contributed by atoms with E-state index in [2.05, 4.69) is 37.1 Å². The molecule has 4 heteroatoms. The number of halogens is 1. The molecule has 1 aliphatic rings. The van der Waals surface area contributed by atoms with Gasteiger partial charge in [0.05, 0.1) is 4.34 Å². The molecule has 1 aliphatic heterocycles. The molecule has 2 unspecified atom stereocenters. The van der Waals surface area contributed by atoms with E-state index < -0.39 is 0 Å². The van der Waals surface area contributed by atoms with Gasteiger partial charge in [-0.25, -0.2) is 0 Å². The predicted octanol–water partition coefficient (Wildman–Crippen LogP) is 3.39. The molecule has 1 N–H and O–H groups in total. The first kappa shape index (κ1) is 13.3. The summed E-state index contributed by atoms with van der Waals surface area (Å²) in [6, 6.07) is 5.27. The summed E-state index contributed by atoms with van der Waals surface area (Å²) in [6.07, 6.45) is 0. The van der Waals surface area contributed by atoms with Gasteiger partial charge in [-0.15, -0.1) is 11.3 Å². The molecular weight excluding hydrogens is 252 g/mol. The molecule has 0 radical (unpaired) electrons. The minimum Gasteiger partial charge on any atom is -0.314 e. The maximum atomic E-state index is 6.03. The van der Waals surface area contributed by atoms with Gasteiger partial charge >= 0.3 is 0 Å². The van der Waals surface area contributed by atoms with Crippen LogP contribution in [0.1, 0.15) is 31.7 Å². The summed E-state index contributed by atoms with van der Waals surface area (Å²) in [4.78, 5) is 3.99. The Morgan fingerprint density at radius 3 is 2.76 bits per heavy atom. The second kappa shape index (κ2) is 5.70. The summed E-state index contributed by atoms with van der Waals surface area (Å²) in [6.45, 7) is 10.2. The Bertz CT molecular complexity index is 364. The number of hydrogen-bond acceptors (Lipinski definition) is 3. The summed E-state index contributed by atoms with van der Waals surface area (Å²) in [5.74, 6) is 0.681. The van der Waals surface area contributed by atoms with Crippen molar-refractivity contribution in [3.05, 3.63) is 21.3 Å². The highest BCUT2D eigenvalue weighted by Crippen LogP contribution is 2.32. The minimum absolute atomic E-state index is 0.474. The Morgan fingerprint density at radius 1 is 1.41 bits per heavy atom. The molecule has 96 valence electrons. The summed E-state index contributed by atoms with van der Waals surface area (Å²) in [7, 11) is 0. The zero-order valence-corrected chi connectivity index (χ0v) is 12.3. The topological polar surface area (TPSA) is 15.3 Å². The van der Waals surface area contributed by atoms with Gasteiger partial charge in [-0.05, 0) is 25.0 Å². The van der Waals surface area contributed by atoms with Gasteiger partial charge < -0.3 is 5.32 Å². The molecule has 17 heavy (non-hydrogen) atoms. The van der Waals surface area contributed by atoms with E-state index >= 15 is 0 Å². The summed E-state index contributed by atoms with van der Waals surface area (Å²) < 4.78 is 0.892. The van der Waals surface area contributed by atoms with Crippen LogP contribution in [0.2, 0.25) is 4.34 Å². The van der Waals surface area contributed by atoms with Crippen LogP contribution < -0.4 is 5.32 Å². The van der Waals surface area contributed by atoms with Gasteiger partial charge in [-0.1, -0.05) is 25.4 Å². The van der Waals surface area contributed by atoms with Crippen LogP contribution in [0.4, 0.5) is 0 Å². The van der Waals surface area contributed by atoms with Crippen LogP contribution in [-0.2, 0) is 0 Å². The van der Waals surface area contributed by atoms with Gasteiger partial charge in [0, 0.05) is 36.6 Å². The number of nitrogens with zero attached hydrogens (tertiary/aromatic N) is 1. The van der Waals surface area contributed by atoms with Gasteiger partial charge in [0.15, 0.2) is 0 Å². The molecule has 0 aliphatic carbocycles. The second-order valence-corrected chi connectivity index (χ2v) is 6.82. The molecule has 0 spiro atoms. The van der Waals surface area contributed by atoms with Gasteiger partial charge in [0.2, 0.25) is 0 Å². The third-order valence-corrected chi connectivity index (χ3v) is 5.00. The molecule has 2 heterocycles. The molecule has 1 saturated heterocycles. The fourth-order valence-electron chi connectivity index (χ4n) is 2.56. The SMILES string of the molecule is CC(C)C1CNCCN1C(C)c1ccc(Cl)s1. The Morgan fingerprint density at radius 2 is 2.18 bits per heavy atom. The van der Waals surface area contributed by atoms with Crippen LogP contribution in [0, 0.1) is 5.92 Å². The first-order chi connectivity index (χ1) is 8.09.